The van der Waals surface area contributed by atoms with Crippen molar-refractivity contribution in [2.24, 2.45) is 0 Å². The molecule has 0 bridgehead atoms. The fourth-order valence-corrected chi connectivity index (χ4v) is 4.41. The second kappa shape index (κ2) is 16.8. The van der Waals surface area contributed by atoms with Gasteiger partial charge in [-0.05, 0) is 109 Å². The normalized spacial score (nSPS) is 11.8. The predicted octanol–water partition coefficient (Wildman–Crippen LogP) is 10.6. The molecule has 0 saturated heterocycles. The molecule has 194 valence electrons. The van der Waals surface area contributed by atoms with Gasteiger partial charge in [0.1, 0.15) is 11.5 Å². The summed E-state index contributed by atoms with van der Waals surface area (Å²) in [7, 11) is 0. The summed E-state index contributed by atoms with van der Waals surface area (Å²) in [5, 5.41) is 4.90. The van der Waals surface area contributed by atoms with Crippen LogP contribution in [0.2, 0.25) is 0 Å². The largest absolute Gasteiger partial charge is 0.494 e. The van der Waals surface area contributed by atoms with Crippen LogP contribution in [0.15, 0.2) is 72.8 Å². The van der Waals surface area contributed by atoms with Crippen molar-refractivity contribution in [2.45, 2.75) is 90.9 Å². The lowest BCUT2D eigenvalue weighted by Crippen LogP contribution is -1.97. The minimum absolute atomic E-state index is 0.758. The number of unbranched alkanes of at least 4 members (excludes halogenated alkanes) is 8. The lowest BCUT2D eigenvalue weighted by molar-refractivity contribution is 0.312. The smallest absolute Gasteiger partial charge is 0.119 e. The van der Waals surface area contributed by atoms with Gasteiger partial charge in [-0.25, -0.2) is 0 Å². The molecule has 0 N–H and O–H groups in total. The summed E-state index contributed by atoms with van der Waals surface area (Å²) in [5.74, 6) is 1.90. The van der Waals surface area contributed by atoms with Crippen molar-refractivity contribution in [2.75, 3.05) is 13.2 Å². The molecule has 0 atom stereocenters. The molecule has 0 heterocycles. The van der Waals surface area contributed by atoms with E-state index < -0.39 is 0 Å². The van der Waals surface area contributed by atoms with Crippen LogP contribution in [0, 0.1) is 0 Å². The van der Waals surface area contributed by atoms with Crippen LogP contribution in [0.25, 0.3) is 21.5 Å². The average Bonchev–Trinajstić information content (AvgIpc) is 2.90. The number of allylic oxidation sites excluding steroid dienone is 4. The van der Waals surface area contributed by atoms with E-state index in [-0.39, 0.29) is 0 Å². The van der Waals surface area contributed by atoms with E-state index in [2.05, 4.69) is 86.7 Å². The quantitative estimate of drug-likeness (QED) is 0.101. The highest BCUT2D eigenvalue weighted by Gasteiger charge is 2.03. The van der Waals surface area contributed by atoms with Crippen LogP contribution in [-0.4, -0.2) is 13.2 Å². The van der Waals surface area contributed by atoms with Crippen LogP contribution in [0.3, 0.4) is 0 Å². The van der Waals surface area contributed by atoms with Gasteiger partial charge in [0.2, 0.25) is 0 Å². The van der Waals surface area contributed by atoms with Crippen LogP contribution in [0.4, 0.5) is 0 Å². The third kappa shape index (κ3) is 10.1. The highest BCUT2D eigenvalue weighted by atomic mass is 16.5. The first-order chi connectivity index (χ1) is 17.8. The zero-order valence-electron chi connectivity index (χ0n) is 22.6. The summed E-state index contributed by atoms with van der Waals surface area (Å²) in [6, 6.07) is 17.3. The Morgan fingerprint density at radius 2 is 0.889 bits per heavy atom. The molecule has 2 heteroatoms. The molecule has 0 radical (unpaired) electrons. The lowest BCUT2D eigenvalue weighted by atomic mass is 10.0. The first kappa shape index (κ1) is 27.8. The van der Waals surface area contributed by atoms with Gasteiger partial charge < -0.3 is 9.47 Å². The van der Waals surface area contributed by atoms with Gasteiger partial charge >= 0.3 is 0 Å². The van der Waals surface area contributed by atoms with Gasteiger partial charge in [-0.2, -0.15) is 0 Å². The third-order valence-electron chi connectivity index (χ3n) is 6.59. The van der Waals surface area contributed by atoms with E-state index in [1.807, 2.05) is 0 Å². The maximum Gasteiger partial charge on any atom is 0.119 e. The molecule has 0 amide bonds. The number of hydrogen-bond donors (Lipinski definition) is 0. The Morgan fingerprint density at radius 3 is 1.31 bits per heavy atom. The van der Waals surface area contributed by atoms with Gasteiger partial charge in [0.05, 0.1) is 13.2 Å². The van der Waals surface area contributed by atoms with Crippen molar-refractivity contribution in [1.29, 1.82) is 0 Å². The Kier molecular flexibility index (Phi) is 13.0. The minimum atomic E-state index is 0.758. The zero-order chi connectivity index (χ0) is 25.3. The van der Waals surface area contributed by atoms with Crippen LogP contribution in [0.5, 0.6) is 11.5 Å². The molecular formula is C34H46O2. The molecule has 0 aromatic heterocycles. The molecule has 0 aliphatic carbocycles. The molecule has 0 saturated carbocycles. The average molecular weight is 487 g/mol. The molecule has 3 aromatic carbocycles. The molecule has 3 rings (SSSR count). The molecule has 0 fully saturated rings. The van der Waals surface area contributed by atoms with Gasteiger partial charge in [-0.15, -0.1) is 0 Å². The molecule has 36 heavy (non-hydrogen) atoms. The summed E-state index contributed by atoms with van der Waals surface area (Å²) in [6.07, 6.45) is 23.8. The van der Waals surface area contributed by atoms with Gasteiger partial charge in [-0.3, -0.25) is 0 Å². The van der Waals surface area contributed by atoms with Gasteiger partial charge in [0.15, 0.2) is 0 Å². The number of ether oxygens (including phenoxy) is 2. The van der Waals surface area contributed by atoms with E-state index in [0.717, 1.165) is 50.4 Å². The fourth-order valence-electron chi connectivity index (χ4n) is 4.41. The highest BCUT2D eigenvalue weighted by Crippen LogP contribution is 2.29. The SMILES string of the molecule is CCCCCC=CCCCOc1ccc2cc3cc(OCCCC=CCCCCC)ccc3cc2c1. The van der Waals surface area contributed by atoms with E-state index in [1.54, 1.807) is 0 Å². The maximum atomic E-state index is 6.03. The minimum Gasteiger partial charge on any atom is -0.494 e. The standard InChI is InChI=1S/C34H46O2/c1-3-5-7-9-11-13-15-17-23-35-33-21-19-29-26-32-28-34(22-20-30(32)25-31(29)27-33)36-24-18-16-14-12-10-8-6-4-2/h11-14,19-22,25-28H,3-10,15-18,23-24H2,1-2H3. The Labute approximate surface area is 219 Å². The topological polar surface area (TPSA) is 18.5 Å². The van der Waals surface area contributed by atoms with Gasteiger partial charge in [0, 0.05) is 0 Å². The van der Waals surface area contributed by atoms with E-state index in [4.69, 9.17) is 9.47 Å². The highest BCUT2D eigenvalue weighted by molar-refractivity contribution is 5.99. The number of hydrogen-bond acceptors (Lipinski definition) is 2. The number of benzene rings is 3. The molecular weight excluding hydrogens is 440 g/mol. The van der Waals surface area contributed by atoms with Crippen molar-refractivity contribution in [3.05, 3.63) is 72.8 Å². The van der Waals surface area contributed by atoms with Crippen LogP contribution in [-0.2, 0) is 0 Å². The molecule has 0 spiro atoms. The van der Waals surface area contributed by atoms with E-state index in [1.165, 1.54) is 72.9 Å². The summed E-state index contributed by atoms with van der Waals surface area (Å²) in [4.78, 5) is 0. The summed E-state index contributed by atoms with van der Waals surface area (Å²) >= 11 is 0. The first-order valence-corrected chi connectivity index (χ1v) is 14.3. The van der Waals surface area contributed by atoms with E-state index >= 15 is 0 Å². The second-order valence-corrected chi connectivity index (χ2v) is 9.79. The molecule has 0 aliphatic heterocycles. The Bertz CT molecular complexity index is 992. The van der Waals surface area contributed by atoms with Crippen molar-refractivity contribution in [3.8, 4) is 11.5 Å². The monoisotopic (exact) mass is 486 g/mol. The predicted molar refractivity (Wildman–Crippen MR) is 157 cm³/mol. The fraction of sp³-hybridized carbons (Fsp3) is 0.471. The Morgan fingerprint density at radius 1 is 0.472 bits per heavy atom. The number of fused-ring (bicyclic) bond motifs is 2. The summed E-state index contributed by atoms with van der Waals surface area (Å²) in [6.45, 7) is 6.01. The van der Waals surface area contributed by atoms with Crippen LogP contribution < -0.4 is 9.47 Å². The Hall–Kier alpha value is -2.74. The molecule has 0 aliphatic rings. The Balaban J connectivity index is 1.44. The first-order valence-electron chi connectivity index (χ1n) is 14.3. The summed E-state index contributed by atoms with van der Waals surface area (Å²) in [5.41, 5.74) is 0. The van der Waals surface area contributed by atoms with Crippen molar-refractivity contribution in [1.82, 2.24) is 0 Å². The molecule has 0 unspecified atom stereocenters. The molecule has 3 aromatic rings. The summed E-state index contributed by atoms with van der Waals surface area (Å²) < 4.78 is 12.1. The van der Waals surface area contributed by atoms with Crippen molar-refractivity contribution < 1.29 is 9.47 Å². The van der Waals surface area contributed by atoms with Gasteiger partial charge in [0.25, 0.3) is 0 Å². The number of rotatable bonds is 18. The van der Waals surface area contributed by atoms with E-state index in [0.29, 0.717) is 0 Å². The lowest BCUT2D eigenvalue weighted by Gasteiger charge is -2.10. The van der Waals surface area contributed by atoms with Crippen molar-refractivity contribution >= 4 is 21.5 Å². The van der Waals surface area contributed by atoms with Gasteiger partial charge in [-0.1, -0.05) is 76.0 Å². The van der Waals surface area contributed by atoms with Crippen molar-refractivity contribution in [3.63, 3.8) is 0 Å². The second-order valence-electron chi connectivity index (χ2n) is 9.79. The van der Waals surface area contributed by atoms with Crippen LogP contribution in [0.1, 0.15) is 90.9 Å². The van der Waals surface area contributed by atoms with Crippen LogP contribution >= 0.6 is 0 Å². The van der Waals surface area contributed by atoms with E-state index in [9.17, 15) is 0 Å². The zero-order valence-corrected chi connectivity index (χ0v) is 22.6. The maximum absolute atomic E-state index is 6.03. The molecule has 2 nitrogen and oxygen atoms in total. The third-order valence-corrected chi connectivity index (χ3v) is 6.59.